The largest absolute Gasteiger partial charge is 0.573 e. The highest BCUT2D eigenvalue weighted by Gasteiger charge is 2.61. The van der Waals surface area contributed by atoms with Gasteiger partial charge in [-0.3, -0.25) is 14.6 Å². The Morgan fingerprint density at radius 2 is 1.53 bits per heavy atom. The van der Waals surface area contributed by atoms with Gasteiger partial charge in [-0.1, -0.05) is 42.3 Å². The number of hydrogen-bond donors (Lipinski definition) is 0. The molecule has 5 nitrogen and oxygen atoms in total. The molecule has 0 bridgehead atoms. The van der Waals surface area contributed by atoms with E-state index in [-0.39, 0.29) is 22.2 Å². The number of imide groups is 1. The third-order valence-corrected chi connectivity index (χ3v) is 6.21. The quantitative estimate of drug-likeness (QED) is 0.386. The van der Waals surface area contributed by atoms with Crippen LogP contribution in [0.3, 0.4) is 0 Å². The molecule has 2 atom stereocenters. The third kappa shape index (κ3) is 4.12. The maximum atomic E-state index is 14.1. The highest BCUT2D eigenvalue weighted by Crippen LogP contribution is 2.49. The lowest BCUT2D eigenvalue weighted by Crippen LogP contribution is -2.42. The van der Waals surface area contributed by atoms with Crippen molar-refractivity contribution in [1.82, 2.24) is 4.98 Å². The maximum absolute atomic E-state index is 14.1. The second-order valence-electron chi connectivity index (χ2n) is 7.68. The van der Waals surface area contributed by atoms with Gasteiger partial charge in [0.25, 0.3) is 0 Å². The first-order chi connectivity index (χ1) is 16.1. The molecule has 0 aliphatic carbocycles. The van der Waals surface area contributed by atoms with E-state index in [0.717, 1.165) is 17.0 Å². The van der Waals surface area contributed by atoms with Crippen molar-refractivity contribution in [2.75, 3.05) is 4.90 Å². The van der Waals surface area contributed by atoms with Crippen LogP contribution >= 0.6 is 23.2 Å². The van der Waals surface area contributed by atoms with Gasteiger partial charge in [0.15, 0.2) is 0 Å². The van der Waals surface area contributed by atoms with Crippen molar-refractivity contribution in [3.63, 3.8) is 0 Å². The molecular weight excluding hydrogens is 492 g/mol. The van der Waals surface area contributed by atoms with Crippen molar-refractivity contribution < 1.29 is 27.5 Å². The molecule has 10 heteroatoms. The van der Waals surface area contributed by atoms with Crippen LogP contribution in [0, 0.1) is 5.92 Å². The summed E-state index contributed by atoms with van der Waals surface area (Å²) in [6, 6.07) is 12.6. The summed E-state index contributed by atoms with van der Waals surface area (Å²) < 4.78 is 42.0. The zero-order valence-electron chi connectivity index (χ0n) is 17.6. The lowest BCUT2D eigenvalue weighted by molar-refractivity contribution is -0.274. The fraction of sp³-hybridized carbons (Fsp3) is 0.208. The minimum absolute atomic E-state index is 0.207. The van der Waals surface area contributed by atoms with E-state index in [2.05, 4.69) is 9.72 Å². The summed E-state index contributed by atoms with van der Waals surface area (Å²) >= 11 is 12.2. The van der Waals surface area contributed by atoms with Crippen LogP contribution in [0.15, 0.2) is 67.0 Å². The van der Waals surface area contributed by atoms with Crippen molar-refractivity contribution in [1.29, 1.82) is 0 Å². The molecule has 176 valence electrons. The molecule has 1 unspecified atom stereocenters. The van der Waals surface area contributed by atoms with E-state index in [1.54, 1.807) is 19.1 Å². The van der Waals surface area contributed by atoms with Crippen LogP contribution < -0.4 is 9.64 Å². The summed E-state index contributed by atoms with van der Waals surface area (Å²) in [5.41, 5.74) is -0.485. The number of rotatable bonds is 5. The molecule has 1 fully saturated rings. The fourth-order valence-corrected chi connectivity index (χ4v) is 5.03. The molecule has 2 heterocycles. The molecule has 2 aromatic carbocycles. The predicted octanol–water partition coefficient (Wildman–Crippen LogP) is 6.17. The Morgan fingerprint density at radius 3 is 2.06 bits per heavy atom. The van der Waals surface area contributed by atoms with Gasteiger partial charge in [0.2, 0.25) is 11.8 Å². The van der Waals surface area contributed by atoms with E-state index in [0.29, 0.717) is 11.1 Å². The Balaban J connectivity index is 1.92. The van der Waals surface area contributed by atoms with Gasteiger partial charge in [-0.2, -0.15) is 0 Å². The predicted molar refractivity (Wildman–Crippen MR) is 121 cm³/mol. The molecule has 1 aliphatic heterocycles. The van der Waals surface area contributed by atoms with Crippen molar-refractivity contribution in [2.45, 2.75) is 25.1 Å². The lowest BCUT2D eigenvalue weighted by atomic mass is 9.66. The number of halogens is 5. The van der Waals surface area contributed by atoms with Crippen LogP contribution in [0.25, 0.3) is 0 Å². The molecule has 2 amide bonds. The number of carbonyl (C=O) groups excluding carboxylic acids is 2. The zero-order valence-corrected chi connectivity index (χ0v) is 19.2. The molecule has 1 saturated heterocycles. The monoisotopic (exact) mass is 508 g/mol. The van der Waals surface area contributed by atoms with Gasteiger partial charge in [0, 0.05) is 22.4 Å². The van der Waals surface area contributed by atoms with Gasteiger partial charge < -0.3 is 4.74 Å². The van der Waals surface area contributed by atoms with Crippen LogP contribution in [0.2, 0.25) is 10.0 Å². The number of pyridine rings is 1. The Kier molecular flexibility index (Phi) is 6.31. The smallest absolute Gasteiger partial charge is 0.406 e. The van der Waals surface area contributed by atoms with E-state index in [9.17, 15) is 22.8 Å². The van der Waals surface area contributed by atoms with E-state index in [1.807, 2.05) is 0 Å². The van der Waals surface area contributed by atoms with Crippen molar-refractivity contribution in [3.8, 4) is 5.75 Å². The molecule has 3 aromatic rings. The average molecular weight is 509 g/mol. The molecular formula is C24H17Cl2F3N2O3. The average Bonchev–Trinajstić information content (AvgIpc) is 2.99. The first-order valence-electron chi connectivity index (χ1n) is 10.2. The number of carbonyl (C=O) groups is 2. The van der Waals surface area contributed by atoms with Gasteiger partial charge in [-0.05, 0) is 60.0 Å². The molecule has 0 radical (unpaired) electrons. The van der Waals surface area contributed by atoms with Crippen molar-refractivity contribution in [3.05, 3.63) is 88.2 Å². The van der Waals surface area contributed by atoms with E-state index in [4.69, 9.17) is 23.2 Å². The molecule has 4 rings (SSSR count). The fourth-order valence-electron chi connectivity index (χ4n) is 4.51. The Bertz CT molecular complexity index is 1220. The Morgan fingerprint density at radius 1 is 0.971 bits per heavy atom. The van der Waals surface area contributed by atoms with Crippen molar-refractivity contribution in [2.24, 2.45) is 5.92 Å². The minimum atomic E-state index is -4.86. The van der Waals surface area contributed by atoms with Gasteiger partial charge in [0.1, 0.15) is 11.2 Å². The Hall–Kier alpha value is -3.10. The van der Waals surface area contributed by atoms with Gasteiger partial charge in [0.05, 0.1) is 11.6 Å². The van der Waals surface area contributed by atoms with Gasteiger partial charge in [-0.15, -0.1) is 13.2 Å². The molecule has 0 saturated carbocycles. The number of anilines is 1. The number of alkyl halides is 3. The molecule has 0 N–H and O–H groups in total. The molecule has 1 aliphatic rings. The summed E-state index contributed by atoms with van der Waals surface area (Å²) in [6.07, 6.45) is -1.61. The van der Waals surface area contributed by atoms with Crippen LogP contribution in [0.5, 0.6) is 5.75 Å². The zero-order chi connectivity index (χ0) is 24.7. The van der Waals surface area contributed by atoms with Gasteiger partial charge >= 0.3 is 6.36 Å². The number of hydrogen-bond acceptors (Lipinski definition) is 4. The van der Waals surface area contributed by atoms with Crippen LogP contribution in [0.4, 0.5) is 18.9 Å². The molecule has 1 aromatic heterocycles. The minimum Gasteiger partial charge on any atom is -0.406 e. The summed E-state index contributed by atoms with van der Waals surface area (Å²) in [4.78, 5) is 32.8. The highest BCUT2D eigenvalue weighted by atomic mass is 35.5. The third-order valence-electron chi connectivity index (χ3n) is 5.77. The number of ether oxygens (including phenoxy) is 1. The number of nitrogens with zero attached hydrogens (tertiary/aromatic N) is 2. The highest BCUT2D eigenvalue weighted by molar-refractivity contribution is 6.36. The topological polar surface area (TPSA) is 59.5 Å². The normalized spacial score (nSPS) is 20.6. The standard InChI is InChI=1S/C24H17Cl2F3N2O3/c1-2-20-21(32)31(18-12-16(25)11-17(26)13-18)22(33)23(20,15-7-9-30-10-8-15)14-3-5-19(6-4-14)34-24(27,28)29/h3-13,20H,2H2,1H3/t20?,23-/m1/s1. The number of aromatic nitrogens is 1. The van der Waals surface area contributed by atoms with Gasteiger partial charge in [-0.25, -0.2) is 4.90 Å². The van der Waals surface area contributed by atoms with E-state index in [1.165, 1.54) is 42.7 Å². The summed E-state index contributed by atoms with van der Waals surface area (Å²) in [6.45, 7) is 1.77. The number of amides is 2. The second kappa shape index (κ2) is 8.92. The van der Waals surface area contributed by atoms with E-state index < -0.39 is 35.3 Å². The molecule has 34 heavy (non-hydrogen) atoms. The first-order valence-corrected chi connectivity index (χ1v) is 10.9. The lowest BCUT2D eigenvalue weighted by Gasteiger charge is -2.32. The molecule has 0 spiro atoms. The SMILES string of the molecule is CCC1C(=O)N(c2cc(Cl)cc(Cl)c2)C(=O)[C@@]1(c1ccncc1)c1ccc(OC(F)(F)F)cc1. The summed E-state index contributed by atoms with van der Waals surface area (Å²) in [5, 5.41) is 0.484. The van der Waals surface area contributed by atoms with Crippen molar-refractivity contribution >= 4 is 40.7 Å². The first kappa shape index (κ1) is 24.0. The second-order valence-corrected chi connectivity index (χ2v) is 8.56. The van der Waals surface area contributed by atoms with Crippen LogP contribution in [0.1, 0.15) is 24.5 Å². The Labute approximate surface area is 203 Å². The summed E-state index contributed by atoms with van der Waals surface area (Å²) in [7, 11) is 0. The van der Waals surface area contributed by atoms with Crippen LogP contribution in [-0.4, -0.2) is 23.2 Å². The summed E-state index contributed by atoms with van der Waals surface area (Å²) in [5.74, 6) is -2.34. The maximum Gasteiger partial charge on any atom is 0.573 e. The van der Waals surface area contributed by atoms with E-state index >= 15 is 0 Å². The van der Waals surface area contributed by atoms with Crippen LogP contribution in [-0.2, 0) is 15.0 Å². The number of benzene rings is 2.